The Hall–Kier alpha value is -2.40. The molecule has 1 atom stereocenters. The molecule has 3 nitrogen and oxygen atoms in total. The number of benzene rings is 1. The number of carbonyl (C=O) groups is 1. The first kappa shape index (κ1) is 20.9. The van der Waals surface area contributed by atoms with Crippen LogP contribution in [-0.4, -0.2) is 17.3 Å². The molecule has 1 aromatic carbocycles. The molecule has 2 aromatic rings. The van der Waals surface area contributed by atoms with Crippen molar-refractivity contribution in [3.63, 3.8) is 0 Å². The first-order chi connectivity index (χ1) is 13.0. The van der Waals surface area contributed by atoms with Gasteiger partial charge in [0.15, 0.2) is 17.4 Å². The van der Waals surface area contributed by atoms with Gasteiger partial charge in [0.1, 0.15) is 5.82 Å². The number of ketones is 1. The van der Waals surface area contributed by atoms with E-state index in [4.69, 9.17) is 12.2 Å². The van der Waals surface area contributed by atoms with Crippen molar-refractivity contribution >= 4 is 23.0 Å². The number of rotatable bonds is 9. The number of hydrogen-bond donors (Lipinski definition) is 1. The maximum Gasteiger partial charge on any atom is 0.270 e. The first-order valence-corrected chi connectivity index (χ1v) is 9.61. The van der Waals surface area contributed by atoms with Crippen LogP contribution in [0.25, 0.3) is 0 Å². The van der Waals surface area contributed by atoms with E-state index in [9.17, 15) is 9.18 Å². The molecule has 0 spiro atoms. The third-order valence-corrected chi connectivity index (χ3v) is 5.05. The van der Waals surface area contributed by atoms with Crippen molar-refractivity contribution in [3.05, 3.63) is 78.4 Å². The minimum atomic E-state index is -0.693. The smallest absolute Gasteiger partial charge is 0.270 e. The fraction of sp³-hybridized carbons (Fsp3) is 0.318. The first-order valence-electron chi connectivity index (χ1n) is 9.20. The number of carbonyl (C=O) groups excluding carboxylic acids is 1. The van der Waals surface area contributed by atoms with Crippen LogP contribution in [0.2, 0.25) is 0 Å². The Morgan fingerprint density at radius 2 is 1.78 bits per heavy atom. The van der Waals surface area contributed by atoms with Crippen molar-refractivity contribution in [2.75, 3.05) is 6.54 Å². The predicted octanol–water partition coefficient (Wildman–Crippen LogP) is 4.54. The molecule has 0 aliphatic rings. The second kappa shape index (κ2) is 10.1. The topological polar surface area (TPSA) is 33.0 Å². The maximum atomic E-state index is 13.2. The SMILES string of the molecule is C=CCNC(=S)[C@H](C(=O)c1ccc(F)cc1)[n+]1ccc(C(CC)CC)cc1. The van der Waals surface area contributed by atoms with E-state index < -0.39 is 6.04 Å². The maximum absolute atomic E-state index is 13.2. The van der Waals surface area contributed by atoms with Crippen molar-refractivity contribution in [2.24, 2.45) is 0 Å². The molecule has 0 bridgehead atoms. The van der Waals surface area contributed by atoms with Crippen LogP contribution in [0.5, 0.6) is 0 Å². The summed E-state index contributed by atoms with van der Waals surface area (Å²) in [5.41, 5.74) is 1.66. The summed E-state index contributed by atoms with van der Waals surface area (Å²) in [6.45, 7) is 8.48. The minimum absolute atomic E-state index is 0.183. The number of hydrogen-bond acceptors (Lipinski definition) is 2. The quantitative estimate of drug-likeness (QED) is 0.298. The highest BCUT2D eigenvalue weighted by Gasteiger charge is 2.33. The lowest BCUT2D eigenvalue weighted by molar-refractivity contribution is -0.692. The zero-order valence-corrected chi connectivity index (χ0v) is 16.6. The molecule has 0 unspecified atom stereocenters. The van der Waals surface area contributed by atoms with Gasteiger partial charge in [0, 0.05) is 24.2 Å². The summed E-state index contributed by atoms with van der Waals surface area (Å²) < 4.78 is 15.0. The Bertz CT molecular complexity index is 783. The molecule has 142 valence electrons. The summed E-state index contributed by atoms with van der Waals surface area (Å²) >= 11 is 5.48. The molecule has 27 heavy (non-hydrogen) atoms. The molecule has 1 heterocycles. The number of nitrogens with zero attached hydrogens (tertiary/aromatic N) is 1. The van der Waals surface area contributed by atoms with Gasteiger partial charge < -0.3 is 5.32 Å². The molecule has 5 heteroatoms. The van der Waals surface area contributed by atoms with Gasteiger partial charge in [-0.15, -0.1) is 6.58 Å². The lowest BCUT2D eigenvalue weighted by Gasteiger charge is -2.16. The lowest BCUT2D eigenvalue weighted by Crippen LogP contribution is -2.51. The number of aromatic nitrogens is 1. The molecular formula is C22H26FN2OS+. The van der Waals surface area contributed by atoms with Gasteiger partial charge in [-0.2, -0.15) is 4.57 Å². The third kappa shape index (κ3) is 5.30. The largest absolute Gasteiger partial charge is 0.370 e. The van der Waals surface area contributed by atoms with Crippen LogP contribution in [0.1, 0.15) is 54.6 Å². The Balaban J connectivity index is 2.37. The highest BCUT2D eigenvalue weighted by atomic mass is 32.1. The van der Waals surface area contributed by atoms with Crippen LogP contribution in [0.3, 0.4) is 0 Å². The van der Waals surface area contributed by atoms with Gasteiger partial charge in [0.05, 0.1) is 0 Å². The fourth-order valence-electron chi connectivity index (χ4n) is 3.09. The summed E-state index contributed by atoms with van der Waals surface area (Å²) in [4.78, 5) is 13.5. The van der Waals surface area contributed by atoms with Crippen LogP contribution < -0.4 is 9.88 Å². The Labute approximate surface area is 165 Å². The molecule has 2 rings (SSSR count). The highest BCUT2D eigenvalue weighted by molar-refractivity contribution is 7.80. The molecule has 0 amide bonds. The monoisotopic (exact) mass is 385 g/mol. The summed E-state index contributed by atoms with van der Waals surface area (Å²) in [5, 5.41) is 3.05. The second-order valence-electron chi connectivity index (χ2n) is 6.40. The summed E-state index contributed by atoms with van der Waals surface area (Å²) in [6, 6.07) is 8.93. The number of thiocarbonyl (C=S) groups is 1. The van der Waals surface area contributed by atoms with Crippen molar-refractivity contribution in [3.8, 4) is 0 Å². The predicted molar refractivity (Wildman–Crippen MR) is 111 cm³/mol. The van der Waals surface area contributed by atoms with E-state index in [2.05, 4.69) is 25.7 Å². The molecule has 1 N–H and O–H groups in total. The second-order valence-corrected chi connectivity index (χ2v) is 6.84. The molecular weight excluding hydrogens is 359 g/mol. The Morgan fingerprint density at radius 3 is 2.30 bits per heavy atom. The molecule has 0 aliphatic carbocycles. The summed E-state index contributed by atoms with van der Waals surface area (Å²) in [5.74, 6) is -0.0637. The number of pyridine rings is 1. The van der Waals surface area contributed by atoms with E-state index in [1.807, 2.05) is 24.5 Å². The van der Waals surface area contributed by atoms with Crippen molar-refractivity contribution in [2.45, 2.75) is 38.6 Å². The van der Waals surface area contributed by atoms with Crippen molar-refractivity contribution in [1.82, 2.24) is 5.32 Å². The molecule has 0 saturated carbocycles. The molecule has 0 fully saturated rings. The van der Waals surface area contributed by atoms with E-state index in [1.165, 1.54) is 29.8 Å². The standard InChI is InChI=1S/C22H25FN2OS/c1-4-13-24-22(27)20(21(26)18-7-9-19(23)10-8-18)25-14-11-17(12-15-25)16(5-2)6-3/h4,7-12,14-16,20H,1,5-6,13H2,2-3H3/p+1/t20-/m0/s1. The van der Waals surface area contributed by atoms with E-state index in [-0.39, 0.29) is 11.6 Å². The van der Waals surface area contributed by atoms with Crippen LogP contribution >= 0.6 is 12.2 Å². The van der Waals surface area contributed by atoms with Gasteiger partial charge in [-0.1, -0.05) is 32.1 Å². The minimum Gasteiger partial charge on any atom is -0.370 e. The summed E-state index contributed by atoms with van der Waals surface area (Å²) in [6.07, 6.45) is 7.60. The number of nitrogens with one attached hydrogen (secondary N) is 1. The molecule has 0 saturated heterocycles. The van der Waals surface area contributed by atoms with Gasteiger partial charge in [0.25, 0.3) is 6.04 Å². The van der Waals surface area contributed by atoms with Crippen LogP contribution in [0.4, 0.5) is 4.39 Å². The van der Waals surface area contributed by atoms with E-state index in [0.717, 1.165) is 12.8 Å². The van der Waals surface area contributed by atoms with Crippen molar-refractivity contribution < 1.29 is 13.8 Å². The fourth-order valence-corrected chi connectivity index (χ4v) is 3.40. The van der Waals surface area contributed by atoms with Gasteiger partial charge >= 0.3 is 0 Å². The van der Waals surface area contributed by atoms with E-state index in [0.29, 0.717) is 23.0 Å². The molecule has 0 aliphatic heterocycles. The number of Topliss-reactive ketones (excluding diaryl/α,β-unsaturated/α-hetero) is 1. The normalized spacial score (nSPS) is 11.9. The third-order valence-electron chi connectivity index (χ3n) is 4.68. The van der Waals surface area contributed by atoms with Crippen LogP contribution in [-0.2, 0) is 0 Å². The van der Waals surface area contributed by atoms with E-state index in [1.54, 1.807) is 10.6 Å². The lowest BCUT2D eigenvalue weighted by atomic mass is 9.95. The van der Waals surface area contributed by atoms with E-state index >= 15 is 0 Å². The number of halogens is 1. The van der Waals surface area contributed by atoms with Gasteiger partial charge in [0.2, 0.25) is 5.78 Å². The van der Waals surface area contributed by atoms with Gasteiger partial charge in [-0.3, -0.25) is 4.79 Å². The van der Waals surface area contributed by atoms with Crippen LogP contribution in [0.15, 0.2) is 61.4 Å². The highest BCUT2D eigenvalue weighted by Crippen LogP contribution is 2.22. The zero-order valence-electron chi connectivity index (χ0n) is 15.8. The Morgan fingerprint density at radius 1 is 1.19 bits per heavy atom. The van der Waals surface area contributed by atoms with Gasteiger partial charge in [-0.05, 0) is 48.6 Å². The molecule has 0 radical (unpaired) electrons. The summed E-state index contributed by atoms with van der Waals surface area (Å²) in [7, 11) is 0. The molecule has 1 aromatic heterocycles. The van der Waals surface area contributed by atoms with Crippen molar-refractivity contribution in [1.29, 1.82) is 0 Å². The van der Waals surface area contributed by atoms with Gasteiger partial charge in [-0.25, -0.2) is 4.39 Å². The van der Waals surface area contributed by atoms with Crippen LogP contribution in [0, 0.1) is 5.82 Å². The Kier molecular flexibility index (Phi) is 7.80. The average molecular weight is 386 g/mol. The average Bonchev–Trinajstić information content (AvgIpc) is 2.69. The zero-order chi connectivity index (χ0) is 19.8.